The Morgan fingerprint density at radius 3 is 2.18 bits per heavy atom. The Morgan fingerprint density at radius 1 is 1.27 bits per heavy atom. The van der Waals surface area contributed by atoms with Crippen LogP contribution in [0.1, 0.15) is 26.2 Å². The van der Waals surface area contributed by atoms with Crippen LogP contribution in [0.15, 0.2) is 0 Å². The van der Waals surface area contributed by atoms with Crippen LogP contribution in [0.3, 0.4) is 0 Å². The molecule has 0 aliphatic heterocycles. The molecule has 2 nitrogen and oxygen atoms in total. The summed E-state index contributed by atoms with van der Waals surface area (Å²) < 4.78 is 0. The van der Waals surface area contributed by atoms with E-state index < -0.39 is 5.97 Å². The second-order valence-electron chi connectivity index (χ2n) is 4.12. The maximum Gasteiger partial charge on any atom is 0.306 e. The molecule has 0 aromatic rings. The van der Waals surface area contributed by atoms with Crippen LogP contribution in [0.4, 0.5) is 0 Å². The lowest BCUT2D eigenvalue weighted by Crippen LogP contribution is -2.44. The molecule has 0 heterocycles. The standard InChI is InChI=1S/C9H14O2/c1-5-6-2-7(5)4-8(3-6)9(10)11/h5-8H,2-4H2,1H3,(H,10,11)/t5?,6-,7+,8?. The van der Waals surface area contributed by atoms with E-state index in [1.807, 2.05) is 0 Å². The van der Waals surface area contributed by atoms with E-state index in [2.05, 4.69) is 6.92 Å². The molecule has 11 heavy (non-hydrogen) atoms. The van der Waals surface area contributed by atoms with Gasteiger partial charge in [-0.25, -0.2) is 0 Å². The van der Waals surface area contributed by atoms with Gasteiger partial charge in [0.05, 0.1) is 5.92 Å². The van der Waals surface area contributed by atoms with Gasteiger partial charge in [0, 0.05) is 0 Å². The van der Waals surface area contributed by atoms with Crippen molar-refractivity contribution in [1.29, 1.82) is 0 Å². The number of rotatable bonds is 1. The van der Waals surface area contributed by atoms with Gasteiger partial charge in [-0.15, -0.1) is 0 Å². The molecule has 0 aromatic heterocycles. The summed E-state index contributed by atoms with van der Waals surface area (Å²) in [6.45, 7) is 2.26. The second kappa shape index (κ2) is 2.23. The zero-order chi connectivity index (χ0) is 8.01. The first kappa shape index (κ1) is 7.14. The van der Waals surface area contributed by atoms with Gasteiger partial charge in [0.25, 0.3) is 0 Å². The third kappa shape index (κ3) is 0.959. The predicted molar refractivity (Wildman–Crippen MR) is 41.1 cm³/mol. The van der Waals surface area contributed by atoms with E-state index in [0.717, 1.165) is 30.6 Å². The van der Waals surface area contributed by atoms with Crippen molar-refractivity contribution < 1.29 is 9.90 Å². The Kier molecular flexibility index (Phi) is 1.44. The van der Waals surface area contributed by atoms with Crippen LogP contribution < -0.4 is 0 Å². The number of carboxylic acids is 1. The first-order chi connectivity index (χ1) is 5.18. The minimum absolute atomic E-state index is 0.0186. The summed E-state index contributed by atoms with van der Waals surface area (Å²) in [4.78, 5) is 10.6. The van der Waals surface area contributed by atoms with E-state index in [-0.39, 0.29) is 5.92 Å². The number of hydrogen-bond acceptors (Lipinski definition) is 1. The van der Waals surface area contributed by atoms with Crippen molar-refractivity contribution in [2.45, 2.75) is 26.2 Å². The molecule has 3 aliphatic carbocycles. The first-order valence-electron chi connectivity index (χ1n) is 4.41. The van der Waals surface area contributed by atoms with Gasteiger partial charge in [-0.05, 0) is 37.0 Å². The molecular formula is C9H14O2. The fraction of sp³-hybridized carbons (Fsp3) is 0.889. The highest BCUT2D eigenvalue weighted by atomic mass is 16.4. The lowest BCUT2D eigenvalue weighted by molar-refractivity contribution is -0.148. The molecule has 62 valence electrons. The molecule has 3 saturated carbocycles. The third-order valence-electron chi connectivity index (χ3n) is 3.62. The van der Waals surface area contributed by atoms with Crippen molar-refractivity contribution in [3.8, 4) is 0 Å². The summed E-state index contributed by atoms with van der Waals surface area (Å²) in [6, 6.07) is 0. The summed E-state index contributed by atoms with van der Waals surface area (Å²) >= 11 is 0. The number of hydrogen-bond donors (Lipinski definition) is 1. The van der Waals surface area contributed by atoms with Crippen LogP contribution in [0.2, 0.25) is 0 Å². The molecule has 1 N–H and O–H groups in total. The first-order valence-corrected chi connectivity index (χ1v) is 4.41. The Morgan fingerprint density at radius 2 is 1.82 bits per heavy atom. The molecule has 3 fully saturated rings. The van der Waals surface area contributed by atoms with Gasteiger partial charge in [-0.3, -0.25) is 4.79 Å². The van der Waals surface area contributed by atoms with E-state index in [1.54, 1.807) is 0 Å². The van der Waals surface area contributed by atoms with Crippen LogP contribution in [0, 0.1) is 23.7 Å². The van der Waals surface area contributed by atoms with Crippen LogP contribution in [-0.2, 0) is 4.79 Å². The van der Waals surface area contributed by atoms with Crippen LogP contribution in [0.25, 0.3) is 0 Å². The number of fused-ring (bicyclic) bond motifs is 2. The number of carboxylic acid groups (broad SMARTS) is 1. The molecule has 2 unspecified atom stereocenters. The highest BCUT2D eigenvalue weighted by Gasteiger charge is 2.46. The van der Waals surface area contributed by atoms with E-state index in [9.17, 15) is 4.79 Å². The van der Waals surface area contributed by atoms with Gasteiger partial charge in [-0.2, -0.15) is 0 Å². The van der Waals surface area contributed by atoms with Crippen molar-refractivity contribution >= 4 is 5.97 Å². The fourth-order valence-corrected chi connectivity index (χ4v) is 2.66. The van der Waals surface area contributed by atoms with Gasteiger partial charge in [0.15, 0.2) is 0 Å². The maximum absolute atomic E-state index is 10.6. The lowest BCUT2D eigenvalue weighted by atomic mass is 9.55. The highest BCUT2D eigenvalue weighted by Crippen LogP contribution is 2.52. The van der Waals surface area contributed by atoms with Crippen molar-refractivity contribution in [2.24, 2.45) is 23.7 Å². The number of aliphatic carboxylic acids is 1. The maximum atomic E-state index is 10.6. The summed E-state index contributed by atoms with van der Waals surface area (Å²) in [5.41, 5.74) is 0. The molecule has 2 heteroatoms. The van der Waals surface area contributed by atoms with E-state index in [0.29, 0.717) is 0 Å². The van der Waals surface area contributed by atoms with Crippen molar-refractivity contribution in [2.75, 3.05) is 0 Å². The molecule has 0 spiro atoms. The zero-order valence-corrected chi connectivity index (χ0v) is 6.79. The molecule has 3 rings (SSSR count). The SMILES string of the molecule is CC1[C@@H]2CC(C(=O)O)C[C@H]1C2. The zero-order valence-electron chi connectivity index (χ0n) is 6.79. The van der Waals surface area contributed by atoms with E-state index >= 15 is 0 Å². The van der Waals surface area contributed by atoms with Gasteiger partial charge in [0.1, 0.15) is 0 Å². The average Bonchev–Trinajstić information content (AvgIpc) is 2.03. The van der Waals surface area contributed by atoms with Crippen molar-refractivity contribution in [1.82, 2.24) is 0 Å². The Labute approximate surface area is 66.6 Å². The molecule has 0 amide bonds. The normalized spacial score (nSPS) is 48.1. The monoisotopic (exact) mass is 154 g/mol. The quantitative estimate of drug-likeness (QED) is 0.624. The topological polar surface area (TPSA) is 37.3 Å². The Hall–Kier alpha value is -0.530. The average molecular weight is 154 g/mol. The number of carbonyl (C=O) groups is 1. The van der Waals surface area contributed by atoms with Gasteiger partial charge < -0.3 is 5.11 Å². The van der Waals surface area contributed by atoms with Gasteiger partial charge in [0.2, 0.25) is 0 Å². The largest absolute Gasteiger partial charge is 0.481 e. The third-order valence-corrected chi connectivity index (χ3v) is 3.62. The van der Waals surface area contributed by atoms with Crippen molar-refractivity contribution in [3.63, 3.8) is 0 Å². The molecule has 2 bridgehead atoms. The molecule has 4 atom stereocenters. The fourth-order valence-electron chi connectivity index (χ4n) is 2.66. The van der Waals surface area contributed by atoms with Crippen LogP contribution in [0.5, 0.6) is 0 Å². The summed E-state index contributed by atoms with van der Waals surface area (Å²) in [5.74, 6) is 1.68. The summed E-state index contributed by atoms with van der Waals surface area (Å²) in [5, 5.41) is 8.76. The minimum atomic E-state index is -0.577. The summed E-state index contributed by atoms with van der Waals surface area (Å²) in [7, 11) is 0. The minimum Gasteiger partial charge on any atom is -0.481 e. The Bertz CT molecular complexity index is 176. The second-order valence-corrected chi connectivity index (χ2v) is 4.12. The molecule has 0 saturated heterocycles. The lowest BCUT2D eigenvalue weighted by Gasteiger charge is -2.50. The molecule has 0 radical (unpaired) electrons. The van der Waals surface area contributed by atoms with Crippen LogP contribution >= 0.6 is 0 Å². The molecule has 0 aromatic carbocycles. The van der Waals surface area contributed by atoms with Gasteiger partial charge in [-0.1, -0.05) is 6.92 Å². The summed E-state index contributed by atoms with van der Waals surface area (Å²) in [6.07, 6.45) is 3.17. The van der Waals surface area contributed by atoms with Gasteiger partial charge >= 0.3 is 5.97 Å². The van der Waals surface area contributed by atoms with E-state index in [1.165, 1.54) is 6.42 Å². The van der Waals surface area contributed by atoms with E-state index in [4.69, 9.17) is 5.11 Å². The predicted octanol–water partition coefficient (Wildman–Crippen LogP) is 1.75. The highest BCUT2D eigenvalue weighted by molar-refractivity contribution is 5.70. The van der Waals surface area contributed by atoms with Crippen molar-refractivity contribution in [3.05, 3.63) is 0 Å². The molecular weight excluding hydrogens is 140 g/mol. The van der Waals surface area contributed by atoms with Crippen LogP contribution in [-0.4, -0.2) is 11.1 Å². The molecule has 3 aliphatic rings. The Balaban J connectivity index is 1.99. The smallest absolute Gasteiger partial charge is 0.306 e.